The molecule has 0 saturated heterocycles. The van der Waals surface area contributed by atoms with Crippen molar-refractivity contribution in [2.45, 2.75) is 13.1 Å². The second kappa shape index (κ2) is 5.44. The zero-order chi connectivity index (χ0) is 16.8. The summed E-state index contributed by atoms with van der Waals surface area (Å²) in [7, 11) is 1.67. The monoisotopic (exact) mass is 335 g/mol. The first-order valence-electron chi connectivity index (χ1n) is 8.16. The van der Waals surface area contributed by atoms with Crippen LogP contribution in [-0.4, -0.2) is 23.5 Å². The lowest BCUT2D eigenvalue weighted by Crippen LogP contribution is -2.17. The van der Waals surface area contributed by atoms with Gasteiger partial charge in [0.15, 0.2) is 11.5 Å². The highest BCUT2D eigenvalue weighted by molar-refractivity contribution is 5.71. The molecule has 0 unspecified atom stereocenters. The Morgan fingerprint density at radius 2 is 1.84 bits per heavy atom. The minimum Gasteiger partial charge on any atom is -0.497 e. The van der Waals surface area contributed by atoms with Gasteiger partial charge in [-0.15, -0.1) is 0 Å². The third-order valence-corrected chi connectivity index (χ3v) is 4.69. The predicted molar refractivity (Wildman–Crippen MR) is 92.7 cm³/mol. The van der Waals surface area contributed by atoms with Gasteiger partial charge in [-0.2, -0.15) is 0 Å². The number of fused-ring (bicyclic) bond motifs is 3. The van der Waals surface area contributed by atoms with Gasteiger partial charge >= 0.3 is 0 Å². The van der Waals surface area contributed by atoms with Gasteiger partial charge in [0, 0.05) is 24.1 Å². The van der Waals surface area contributed by atoms with Crippen LogP contribution in [-0.2, 0) is 13.1 Å². The number of hydrogen-bond acceptors (Lipinski definition) is 5. The van der Waals surface area contributed by atoms with Crippen LogP contribution >= 0.6 is 0 Å². The Labute approximate surface area is 145 Å². The van der Waals surface area contributed by atoms with Crippen molar-refractivity contribution in [3.63, 3.8) is 0 Å². The number of anilines is 2. The van der Waals surface area contributed by atoms with Gasteiger partial charge < -0.3 is 23.7 Å². The number of rotatable bonds is 2. The summed E-state index contributed by atoms with van der Waals surface area (Å²) in [4.78, 5) is 6.77. The van der Waals surface area contributed by atoms with Crippen molar-refractivity contribution >= 4 is 11.4 Å². The third-order valence-electron chi connectivity index (χ3n) is 4.69. The van der Waals surface area contributed by atoms with Gasteiger partial charge in [0.05, 0.1) is 25.9 Å². The number of methoxy groups -OCH3 is 1. The summed E-state index contributed by atoms with van der Waals surface area (Å²) in [6, 6.07) is 12.2. The second-order valence-corrected chi connectivity index (χ2v) is 6.09. The first kappa shape index (κ1) is 14.2. The average Bonchev–Trinajstić information content (AvgIpc) is 3.25. The summed E-state index contributed by atoms with van der Waals surface area (Å²) < 4.78 is 18.6. The third kappa shape index (κ3) is 2.29. The summed E-state index contributed by atoms with van der Waals surface area (Å²) >= 11 is 0. The standard InChI is InChI=1S/C19H17N3O3/c1-23-15-4-2-14(3-5-15)22-11-19-20-6-7-21(19)10-13-8-17-18(9-16(13)22)25-12-24-17/h2-9H,10-12H2,1H3. The molecule has 0 spiro atoms. The van der Waals surface area contributed by atoms with Crippen LogP contribution < -0.4 is 19.1 Å². The van der Waals surface area contributed by atoms with Crippen LogP contribution in [0.15, 0.2) is 48.8 Å². The van der Waals surface area contributed by atoms with E-state index < -0.39 is 0 Å². The highest BCUT2D eigenvalue weighted by Gasteiger charge is 2.25. The van der Waals surface area contributed by atoms with E-state index in [0.29, 0.717) is 6.54 Å². The fourth-order valence-electron chi connectivity index (χ4n) is 3.39. The molecule has 6 nitrogen and oxygen atoms in total. The second-order valence-electron chi connectivity index (χ2n) is 6.09. The lowest BCUT2D eigenvalue weighted by atomic mass is 10.1. The van der Waals surface area contributed by atoms with Gasteiger partial charge in [0.25, 0.3) is 0 Å². The zero-order valence-electron chi connectivity index (χ0n) is 13.8. The van der Waals surface area contributed by atoms with Crippen molar-refractivity contribution in [2.24, 2.45) is 0 Å². The predicted octanol–water partition coefficient (Wildman–Crippen LogP) is 3.32. The molecule has 0 atom stereocenters. The minimum absolute atomic E-state index is 0.275. The molecule has 3 aromatic rings. The quantitative estimate of drug-likeness (QED) is 0.719. The molecule has 3 heterocycles. The molecule has 0 aliphatic carbocycles. The van der Waals surface area contributed by atoms with Crippen molar-refractivity contribution in [1.82, 2.24) is 9.55 Å². The number of benzene rings is 2. The van der Waals surface area contributed by atoms with Gasteiger partial charge in [-0.25, -0.2) is 4.98 Å². The van der Waals surface area contributed by atoms with Gasteiger partial charge in [0.2, 0.25) is 6.79 Å². The molecule has 0 saturated carbocycles. The maximum atomic E-state index is 5.59. The van der Waals surface area contributed by atoms with E-state index in [0.717, 1.165) is 41.0 Å². The topological polar surface area (TPSA) is 48.8 Å². The van der Waals surface area contributed by atoms with Crippen LogP contribution in [0.5, 0.6) is 17.2 Å². The summed E-state index contributed by atoms with van der Waals surface area (Å²) in [6.45, 7) is 1.72. The molecule has 5 rings (SSSR count). The van der Waals surface area contributed by atoms with E-state index in [2.05, 4.69) is 38.7 Å². The minimum atomic E-state index is 0.275. The summed E-state index contributed by atoms with van der Waals surface area (Å²) in [5, 5.41) is 0. The van der Waals surface area contributed by atoms with E-state index in [1.807, 2.05) is 24.5 Å². The summed E-state index contributed by atoms with van der Waals surface area (Å²) in [6.07, 6.45) is 3.86. The first-order chi connectivity index (χ1) is 12.3. The highest BCUT2D eigenvalue weighted by Crippen LogP contribution is 2.42. The Bertz CT molecular complexity index is 934. The van der Waals surface area contributed by atoms with E-state index in [-0.39, 0.29) is 6.79 Å². The summed E-state index contributed by atoms with van der Waals surface area (Å²) in [5.41, 5.74) is 3.37. The molecule has 0 amide bonds. The van der Waals surface area contributed by atoms with Crippen molar-refractivity contribution < 1.29 is 14.2 Å². The van der Waals surface area contributed by atoms with Crippen molar-refractivity contribution in [1.29, 1.82) is 0 Å². The molecule has 25 heavy (non-hydrogen) atoms. The molecular formula is C19H17N3O3. The molecule has 126 valence electrons. The molecule has 0 bridgehead atoms. The van der Waals surface area contributed by atoms with Gasteiger partial charge in [-0.05, 0) is 35.9 Å². The average molecular weight is 335 g/mol. The molecule has 6 heteroatoms. The fourth-order valence-corrected chi connectivity index (χ4v) is 3.39. The van der Waals surface area contributed by atoms with E-state index in [1.165, 1.54) is 5.56 Å². The molecule has 0 fully saturated rings. The largest absolute Gasteiger partial charge is 0.497 e. The number of ether oxygens (including phenoxy) is 3. The van der Waals surface area contributed by atoms with Crippen LogP contribution in [0, 0.1) is 0 Å². The van der Waals surface area contributed by atoms with Crippen LogP contribution in [0.25, 0.3) is 0 Å². The van der Waals surface area contributed by atoms with Crippen molar-refractivity contribution in [3.05, 3.63) is 60.2 Å². The smallest absolute Gasteiger partial charge is 0.231 e. The SMILES string of the molecule is COc1ccc(N2Cc3nccn3Cc3cc4c(cc32)OCO4)cc1. The zero-order valence-corrected chi connectivity index (χ0v) is 13.8. The van der Waals surface area contributed by atoms with E-state index in [4.69, 9.17) is 14.2 Å². The van der Waals surface area contributed by atoms with Gasteiger partial charge in [0.1, 0.15) is 11.6 Å². The Morgan fingerprint density at radius 1 is 1.04 bits per heavy atom. The lowest BCUT2D eigenvalue weighted by molar-refractivity contribution is 0.174. The fraction of sp³-hybridized carbons (Fsp3) is 0.211. The van der Waals surface area contributed by atoms with Crippen LogP contribution in [0.2, 0.25) is 0 Å². The normalized spacial score (nSPS) is 14.7. The number of nitrogens with zero attached hydrogens (tertiary/aromatic N) is 3. The van der Waals surface area contributed by atoms with E-state index in [1.54, 1.807) is 7.11 Å². The number of aromatic nitrogens is 2. The van der Waals surface area contributed by atoms with Gasteiger partial charge in [-0.1, -0.05) is 0 Å². The van der Waals surface area contributed by atoms with Crippen LogP contribution in [0.1, 0.15) is 11.4 Å². The Hall–Kier alpha value is -3.15. The lowest BCUT2D eigenvalue weighted by Gasteiger charge is -2.25. The van der Waals surface area contributed by atoms with E-state index >= 15 is 0 Å². The molecule has 2 aliphatic rings. The first-order valence-corrected chi connectivity index (χ1v) is 8.16. The Balaban J connectivity index is 1.66. The van der Waals surface area contributed by atoms with E-state index in [9.17, 15) is 0 Å². The molecule has 2 aliphatic heterocycles. The van der Waals surface area contributed by atoms with Crippen LogP contribution in [0.4, 0.5) is 11.4 Å². The number of hydrogen-bond donors (Lipinski definition) is 0. The maximum absolute atomic E-state index is 5.59. The highest BCUT2D eigenvalue weighted by atomic mass is 16.7. The molecular weight excluding hydrogens is 318 g/mol. The van der Waals surface area contributed by atoms with Crippen LogP contribution in [0.3, 0.4) is 0 Å². The van der Waals surface area contributed by atoms with Crippen molar-refractivity contribution in [3.8, 4) is 17.2 Å². The van der Waals surface area contributed by atoms with Crippen molar-refractivity contribution in [2.75, 3.05) is 18.8 Å². The Morgan fingerprint density at radius 3 is 2.64 bits per heavy atom. The summed E-state index contributed by atoms with van der Waals surface area (Å²) in [5.74, 6) is 3.45. The Kier molecular flexibility index (Phi) is 3.09. The maximum Gasteiger partial charge on any atom is 0.231 e. The molecule has 0 radical (unpaired) electrons. The van der Waals surface area contributed by atoms with Gasteiger partial charge in [-0.3, -0.25) is 0 Å². The molecule has 0 N–H and O–H groups in total. The number of imidazole rings is 1. The molecule has 1 aromatic heterocycles. The molecule has 2 aromatic carbocycles.